The fourth-order valence-electron chi connectivity index (χ4n) is 1.99. The largest absolute Gasteiger partial charge is 0.382 e. The summed E-state index contributed by atoms with van der Waals surface area (Å²) in [6, 6.07) is 3.83. The van der Waals surface area contributed by atoms with E-state index in [1.54, 1.807) is 0 Å². The van der Waals surface area contributed by atoms with Crippen molar-refractivity contribution >= 4 is 17.0 Å². The Morgan fingerprint density at radius 1 is 1.29 bits per heavy atom. The average molecular weight is 280 g/mol. The number of hydrogen-bond acceptors (Lipinski definition) is 4. The maximum Gasteiger partial charge on any atom is 0.208 e. The number of unbranched alkanes of at least 4 members (excludes halogenated alkanes) is 2. The predicted octanol–water partition coefficient (Wildman–Crippen LogP) is 2.47. The molecule has 3 rings (SSSR count). The number of rotatable bonds is 3. The van der Waals surface area contributed by atoms with Gasteiger partial charge in [-0.05, 0) is 24.5 Å². The Bertz CT molecular complexity index is 804. The van der Waals surface area contributed by atoms with Crippen molar-refractivity contribution in [1.29, 1.82) is 0 Å². The average Bonchev–Trinajstić information content (AvgIpc) is 3.12. The normalized spacial score (nSPS) is 10.5. The van der Waals surface area contributed by atoms with Crippen LogP contribution in [0.5, 0.6) is 0 Å². The summed E-state index contributed by atoms with van der Waals surface area (Å²) in [5.74, 6) is 7.46. The molecule has 0 aromatic carbocycles. The summed E-state index contributed by atoms with van der Waals surface area (Å²) in [7, 11) is 0. The van der Waals surface area contributed by atoms with Crippen molar-refractivity contribution in [3.63, 3.8) is 0 Å². The van der Waals surface area contributed by atoms with Crippen molar-refractivity contribution in [1.82, 2.24) is 24.9 Å². The number of nitrogen functional groups attached to an aromatic ring is 1. The van der Waals surface area contributed by atoms with Crippen molar-refractivity contribution in [3.8, 4) is 23.4 Å². The molecule has 21 heavy (non-hydrogen) atoms. The van der Waals surface area contributed by atoms with Gasteiger partial charge in [-0.25, -0.2) is 15.0 Å². The Morgan fingerprint density at radius 3 is 2.95 bits per heavy atom. The van der Waals surface area contributed by atoms with E-state index >= 15 is 0 Å². The highest BCUT2D eigenvalue weighted by Crippen LogP contribution is 2.20. The van der Waals surface area contributed by atoms with Gasteiger partial charge >= 0.3 is 0 Å². The van der Waals surface area contributed by atoms with Gasteiger partial charge in [-0.1, -0.05) is 19.3 Å². The van der Waals surface area contributed by atoms with Crippen LogP contribution in [0.25, 0.3) is 22.7 Å². The fraction of sp³-hybridized carbons (Fsp3) is 0.267. The number of imidazole rings is 1. The molecule has 0 bridgehead atoms. The Hall–Kier alpha value is -2.81. The van der Waals surface area contributed by atoms with Crippen LogP contribution in [0.2, 0.25) is 0 Å². The summed E-state index contributed by atoms with van der Waals surface area (Å²) >= 11 is 0. The standard InChI is InChI=1S/C15H16N6/c1-2-3-4-5-8-11-18-13(16)12-15(19-11)21-14(20-12)10-7-6-9-17-10/h6-7,9,17H,2-4H2,1H3,(H3,16,18,19,20,21). The highest BCUT2D eigenvalue weighted by molar-refractivity contribution is 5.84. The number of nitrogens with zero attached hydrogens (tertiary/aromatic N) is 3. The second-order valence-corrected chi connectivity index (χ2v) is 4.70. The molecule has 0 atom stereocenters. The van der Waals surface area contributed by atoms with Gasteiger partial charge < -0.3 is 15.7 Å². The van der Waals surface area contributed by atoms with E-state index in [9.17, 15) is 0 Å². The highest BCUT2D eigenvalue weighted by Gasteiger charge is 2.11. The molecule has 3 aromatic heterocycles. The van der Waals surface area contributed by atoms with Crippen LogP contribution in [0, 0.1) is 11.8 Å². The minimum Gasteiger partial charge on any atom is -0.382 e. The summed E-state index contributed by atoms with van der Waals surface area (Å²) in [5, 5.41) is 0. The van der Waals surface area contributed by atoms with E-state index in [2.05, 4.69) is 43.7 Å². The minimum absolute atomic E-state index is 0.342. The lowest BCUT2D eigenvalue weighted by Gasteiger charge is -1.94. The SMILES string of the molecule is CCCCC#Cc1nc(N)c2nc(-c3ccc[nH]3)[nH]c2n1. The fourth-order valence-corrected chi connectivity index (χ4v) is 1.99. The Morgan fingerprint density at radius 2 is 2.19 bits per heavy atom. The van der Waals surface area contributed by atoms with Gasteiger partial charge in [0.05, 0.1) is 5.69 Å². The van der Waals surface area contributed by atoms with Crippen molar-refractivity contribution in [3.05, 3.63) is 24.2 Å². The van der Waals surface area contributed by atoms with Crippen LogP contribution >= 0.6 is 0 Å². The number of fused-ring (bicyclic) bond motifs is 1. The van der Waals surface area contributed by atoms with Crippen LogP contribution in [-0.2, 0) is 0 Å². The monoisotopic (exact) mass is 280 g/mol. The van der Waals surface area contributed by atoms with Crippen LogP contribution in [0.15, 0.2) is 18.3 Å². The third-order valence-electron chi connectivity index (χ3n) is 3.08. The lowest BCUT2D eigenvalue weighted by atomic mass is 10.2. The van der Waals surface area contributed by atoms with Crippen molar-refractivity contribution in [2.24, 2.45) is 0 Å². The maximum absolute atomic E-state index is 5.94. The maximum atomic E-state index is 5.94. The molecule has 0 radical (unpaired) electrons. The van der Waals surface area contributed by atoms with Crippen LogP contribution in [0.4, 0.5) is 5.82 Å². The van der Waals surface area contributed by atoms with Gasteiger partial charge in [0.2, 0.25) is 5.82 Å². The molecule has 0 saturated carbocycles. The molecule has 0 aliphatic rings. The van der Waals surface area contributed by atoms with Crippen LogP contribution in [0.3, 0.4) is 0 Å². The summed E-state index contributed by atoms with van der Waals surface area (Å²) in [6.07, 6.45) is 4.87. The van der Waals surface area contributed by atoms with Gasteiger partial charge in [-0.3, -0.25) is 0 Å². The van der Waals surface area contributed by atoms with Crippen LogP contribution in [-0.4, -0.2) is 24.9 Å². The first kappa shape index (κ1) is 13.2. The lowest BCUT2D eigenvalue weighted by molar-refractivity contribution is 0.828. The quantitative estimate of drug-likeness (QED) is 0.507. The molecule has 6 nitrogen and oxygen atoms in total. The number of anilines is 1. The zero-order chi connectivity index (χ0) is 14.7. The molecule has 0 fully saturated rings. The molecule has 0 amide bonds. The molecule has 106 valence electrons. The number of aromatic nitrogens is 5. The van der Waals surface area contributed by atoms with Crippen LogP contribution in [0.1, 0.15) is 32.0 Å². The zero-order valence-corrected chi connectivity index (χ0v) is 11.8. The van der Waals surface area contributed by atoms with Crippen molar-refractivity contribution in [2.45, 2.75) is 26.2 Å². The van der Waals surface area contributed by atoms with Gasteiger partial charge in [-0.15, -0.1) is 0 Å². The Labute approximate surface area is 122 Å². The number of hydrogen-bond donors (Lipinski definition) is 3. The molecule has 0 spiro atoms. The Balaban J connectivity index is 1.97. The minimum atomic E-state index is 0.342. The molecule has 0 unspecified atom stereocenters. The first-order valence-corrected chi connectivity index (χ1v) is 6.93. The van der Waals surface area contributed by atoms with E-state index in [-0.39, 0.29) is 0 Å². The number of nitrogens with one attached hydrogen (secondary N) is 2. The van der Waals surface area contributed by atoms with E-state index < -0.39 is 0 Å². The van der Waals surface area contributed by atoms with Gasteiger partial charge in [0.1, 0.15) is 0 Å². The van der Waals surface area contributed by atoms with Crippen LogP contribution < -0.4 is 5.73 Å². The van der Waals surface area contributed by atoms with Crippen molar-refractivity contribution < 1.29 is 0 Å². The topological polar surface area (TPSA) is 96.3 Å². The third-order valence-corrected chi connectivity index (χ3v) is 3.08. The van der Waals surface area contributed by atoms with Crippen molar-refractivity contribution in [2.75, 3.05) is 5.73 Å². The van der Waals surface area contributed by atoms with E-state index in [0.717, 1.165) is 25.0 Å². The smallest absolute Gasteiger partial charge is 0.208 e. The number of H-pyrrole nitrogens is 2. The van der Waals surface area contributed by atoms with E-state index in [1.165, 1.54) is 0 Å². The highest BCUT2D eigenvalue weighted by atomic mass is 15.1. The van der Waals surface area contributed by atoms with E-state index in [1.807, 2.05) is 18.3 Å². The Kier molecular flexibility index (Phi) is 3.56. The molecule has 0 aliphatic carbocycles. The molecule has 0 aliphatic heterocycles. The van der Waals surface area contributed by atoms with E-state index in [0.29, 0.717) is 28.6 Å². The second kappa shape index (κ2) is 5.67. The zero-order valence-electron chi connectivity index (χ0n) is 11.8. The van der Waals surface area contributed by atoms with Gasteiger partial charge in [0.25, 0.3) is 0 Å². The van der Waals surface area contributed by atoms with Gasteiger partial charge in [0.15, 0.2) is 22.8 Å². The molecule has 0 saturated heterocycles. The predicted molar refractivity (Wildman–Crippen MR) is 82.3 cm³/mol. The lowest BCUT2D eigenvalue weighted by Crippen LogP contribution is -1.97. The molecule has 4 N–H and O–H groups in total. The number of nitrogens with two attached hydrogens (primary N) is 1. The van der Waals surface area contributed by atoms with Gasteiger partial charge in [0, 0.05) is 12.6 Å². The summed E-state index contributed by atoms with van der Waals surface area (Å²) in [5.41, 5.74) is 7.99. The molecule has 3 aromatic rings. The first-order valence-electron chi connectivity index (χ1n) is 6.93. The summed E-state index contributed by atoms with van der Waals surface area (Å²) < 4.78 is 0. The molecule has 3 heterocycles. The number of aromatic amines is 2. The first-order chi connectivity index (χ1) is 10.3. The van der Waals surface area contributed by atoms with E-state index in [4.69, 9.17) is 5.73 Å². The van der Waals surface area contributed by atoms with Gasteiger partial charge in [-0.2, -0.15) is 0 Å². The summed E-state index contributed by atoms with van der Waals surface area (Å²) in [6.45, 7) is 2.13. The molecular formula is C15H16N6. The second-order valence-electron chi connectivity index (χ2n) is 4.70. The molecule has 6 heteroatoms. The molecular weight excluding hydrogens is 264 g/mol. The third kappa shape index (κ3) is 2.72. The summed E-state index contributed by atoms with van der Waals surface area (Å²) in [4.78, 5) is 19.2.